The lowest BCUT2D eigenvalue weighted by Crippen LogP contribution is -2.31. The summed E-state index contributed by atoms with van der Waals surface area (Å²) in [5, 5.41) is 23.6. The highest BCUT2D eigenvalue weighted by Gasteiger charge is 2.16. The number of aliphatic hydroxyl groups is 1. The van der Waals surface area contributed by atoms with Crippen LogP contribution in [0.2, 0.25) is 10.0 Å². The second-order valence-corrected chi connectivity index (χ2v) is 4.78. The zero-order valence-corrected chi connectivity index (χ0v) is 11.7. The molecule has 2 rings (SSSR count). The number of aliphatic hydroxyl groups excluding tert-OH is 1. The number of nitrogens with one attached hydrogen (secondary N) is 1. The van der Waals surface area contributed by atoms with Crippen LogP contribution in [-0.4, -0.2) is 37.8 Å². The number of hydrogen-bond donors (Lipinski definition) is 2. The van der Waals surface area contributed by atoms with Crippen molar-refractivity contribution in [3.63, 3.8) is 0 Å². The van der Waals surface area contributed by atoms with Crippen LogP contribution in [0.25, 0.3) is 0 Å². The average molecular weight is 316 g/mol. The zero-order valence-electron chi connectivity index (χ0n) is 10.2. The molecule has 1 atom stereocenters. The minimum atomic E-state index is -0.992. The summed E-state index contributed by atoms with van der Waals surface area (Å²) in [7, 11) is 0. The largest absolute Gasteiger partial charge is 0.386 e. The quantitative estimate of drug-likeness (QED) is 0.852. The van der Waals surface area contributed by atoms with Crippen LogP contribution < -0.4 is 5.32 Å². The Morgan fingerprint density at radius 2 is 2.10 bits per heavy atom. The van der Waals surface area contributed by atoms with Crippen molar-refractivity contribution < 1.29 is 9.90 Å². The van der Waals surface area contributed by atoms with E-state index in [9.17, 15) is 9.90 Å². The molecule has 0 spiro atoms. The first-order valence-electron chi connectivity index (χ1n) is 5.67. The summed E-state index contributed by atoms with van der Waals surface area (Å²) in [5.41, 5.74) is 0.388. The van der Waals surface area contributed by atoms with Crippen molar-refractivity contribution in [1.29, 1.82) is 0 Å². The van der Waals surface area contributed by atoms with Crippen molar-refractivity contribution in [3.05, 3.63) is 40.1 Å². The highest BCUT2D eigenvalue weighted by molar-refractivity contribution is 6.36. The maximum Gasteiger partial charge on any atom is 0.241 e. The van der Waals surface area contributed by atoms with Crippen LogP contribution >= 0.6 is 23.2 Å². The molecule has 1 aromatic carbocycles. The number of tetrazole rings is 1. The third-order valence-corrected chi connectivity index (χ3v) is 3.18. The molecule has 9 heteroatoms. The van der Waals surface area contributed by atoms with Gasteiger partial charge in [0.2, 0.25) is 5.91 Å². The van der Waals surface area contributed by atoms with Crippen molar-refractivity contribution in [2.45, 2.75) is 12.6 Å². The molecule has 1 aromatic heterocycles. The van der Waals surface area contributed by atoms with Gasteiger partial charge in [-0.2, -0.15) is 0 Å². The third-order valence-electron chi connectivity index (χ3n) is 2.52. The normalized spacial score (nSPS) is 12.2. The Bertz CT molecular complexity index is 570. The fourth-order valence-corrected chi connectivity index (χ4v) is 2.25. The molecule has 1 unspecified atom stereocenters. The number of benzene rings is 1. The van der Waals surface area contributed by atoms with Crippen molar-refractivity contribution >= 4 is 29.1 Å². The lowest BCUT2D eigenvalue weighted by atomic mass is 10.1. The summed E-state index contributed by atoms with van der Waals surface area (Å²) >= 11 is 11.9. The molecular weight excluding hydrogens is 305 g/mol. The van der Waals surface area contributed by atoms with E-state index in [2.05, 4.69) is 20.8 Å². The minimum Gasteiger partial charge on any atom is -0.386 e. The van der Waals surface area contributed by atoms with E-state index < -0.39 is 6.10 Å². The van der Waals surface area contributed by atoms with Gasteiger partial charge in [-0.05, 0) is 22.6 Å². The van der Waals surface area contributed by atoms with E-state index in [-0.39, 0.29) is 19.0 Å². The topological polar surface area (TPSA) is 92.9 Å². The lowest BCUT2D eigenvalue weighted by Gasteiger charge is -2.15. The molecule has 20 heavy (non-hydrogen) atoms. The van der Waals surface area contributed by atoms with Crippen LogP contribution in [0.5, 0.6) is 0 Å². The smallest absolute Gasteiger partial charge is 0.241 e. The van der Waals surface area contributed by atoms with Crippen LogP contribution in [0.3, 0.4) is 0 Å². The number of halogens is 2. The second kappa shape index (κ2) is 6.65. The molecule has 1 heterocycles. The van der Waals surface area contributed by atoms with E-state index in [1.807, 2.05) is 0 Å². The number of rotatable bonds is 5. The molecule has 2 aromatic rings. The zero-order chi connectivity index (χ0) is 14.5. The second-order valence-electron chi connectivity index (χ2n) is 3.96. The van der Waals surface area contributed by atoms with Gasteiger partial charge in [0.25, 0.3) is 0 Å². The SMILES string of the molecule is O=C(Cn1cnnn1)NCC(O)c1c(Cl)cccc1Cl. The van der Waals surface area contributed by atoms with E-state index >= 15 is 0 Å². The monoisotopic (exact) mass is 315 g/mol. The van der Waals surface area contributed by atoms with Gasteiger partial charge in [-0.15, -0.1) is 5.10 Å². The van der Waals surface area contributed by atoms with E-state index in [1.54, 1.807) is 18.2 Å². The van der Waals surface area contributed by atoms with E-state index in [1.165, 1.54) is 11.0 Å². The highest BCUT2D eigenvalue weighted by Crippen LogP contribution is 2.29. The Balaban J connectivity index is 1.92. The van der Waals surface area contributed by atoms with Crippen LogP contribution in [0, 0.1) is 0 Å². The summed E-state index contributed by atoms with van der Waals surface area (Å²) in [6.45, 7) is -0.0413. The Morgan fingerprint density at radius 3 is 2.70 bits per heavy atom. The number of aromatic nitrogens is 4. The number of nitrogens with zero attached hydrogens (tertiary/aromatic N) is 4. The van der Waals surface area contributed by atoms with Crippen molar-refractivity contribution in [2.75, 3.05) is 6.54 Å². The third kappa shape index (κ3) is 3.66. The number of carbonyl (C=O) groups excluding carboxylic acids is 1. The predicted octanol–water partition coefficient (Wildman–Crippen LogP) is 0.830. The highest BCUT2D eigenvalue weighted by atomic mass is 35.5. The first kappa shape index (κ1) is 14.7. The molecule has 2 N–H and O–H groups in total. The maximum absolute atomic E-state index is 11.6. The van der Waals surface area contributed by atoms with Crippen molar-refractivity contribution in [2.24, 2.45) is 0 Å². The maximum atomic E-state index is 11.6. The van der Waals surface area contributed by atoms with Gasteiger partial charge in [-0.25, -0.2) is 4.68 Å². The van der Waals surface area contributed by atoms with Gasteiger partial charge < -0.3 is 10.4 Å². The standard InChI is InChI=1S/C11H11Cl2N5O2/c12-7-2-1-3-8(13)11(7)9(19)4-14-10(20)5-18-6-15-16-17-18/h1-3,6,9,19H,4-5H2,(H,14,20). The molecule has 1 amide bonds. The van der Waals surface area contributed by atoms with Crippen molar-refractivity contribution in [1.82, 2.24) is 25.5 Å². The fourth-order valence-electron chi connectivity index (χ4n) is 1.60. The molecule has 0 radical (unpaired) electrons. The number of hydrogen-bond acceptors (Lipinski definition) is 5. The molecule has 106 valence electrons. The minimum absolute atomic E-state index is 0.00951. The Morgan fingerprint density at radius 1 is 1.40 bits per heavy atom. The molecule has 0 aliphatic rings. The van der Waals surface area contributed by atoms with Gasteiger partial charge in [0.15, 0.2) is 0 Å². The molecule has 0 bridgehead atoms. The molecule has 0 saturated carbocycles. The van der Waals surface area contributed by atoms with Crippen LogP contribution in [-0.2, 0) is 11.3 Å². The van der Waals surface area contributed by atoms with Crippen LogP contribution in [0.1, 0.15) is 11.7 Å². The predicted molar refractivity (Wildman–Crippen MR) is 72.2 cm³/mol. The first-order valence-corrected chi connectivity index (χ1v) is 6.43. The molecule has 0 saturated heterocycles. The summed E-state index contributed by atoms with van der Waals surface area (Å²) in [6, 6.07) is 4.92. The van der Waals surface area contributed by atoms with Gasteiger partial charge in [0.05, 0.1) is 6.10 Å². The van der Waals surface area contributed by atoms with Crippen LogP contribution in [0.15, 0.2) is 24.5 Å². The molecule has 7 nitrogen and oxygen atoms in total. The molecule has 0 fully saturated rings. The Labute approximate surface area is 124 Å². The first-order chi connectivity index (χ1) is 9.58. The lowest BCUT2D eigenvalue weighted by molar-refractivity contribution is -0.122. The fraction of sp³-hybridized carbons (Fsp3) is 0.273. The van der Waals surface area contributed by atoms with Crippen LogP contribution in [0.4, 0.5) is 0 Å². The van der Waals surface area contributed by atoms with E-state index in [4.69, 9.17) is 23.2 Å². The van der Waals surface area contributed by atoms with Gasteiger partial charge in [0.1, 0.15) is 12.9 Å². The summed E-state index contributed by atoms with van der Waals surface area (Å²) in [4.78, 5) is 11.6. The summed E-state index contributed by atoms with van der Waals surface area (Å²) < 4.78 is 1.27. The van der Waals surface area contributed by atoms with Gasteiger partial charge in [-0.3, -0.25) is 4.79 Å². The van der Waals surface area contributed by atoms with Gasteiger partial charge in [0, 0.05) is 22.2 Å². The molecular formula is C11H11Cl2N5O2. The summed E-state index contributed by atoms with van der Waals surface area (Å²) in [5.74, 6) is -0.334. The van der Waals surface area contributed by atoms with E-state index in [0.717, 1.165) is 0 Å². The molecule has 0 aliphatic carbocycles. The number of carbonyl (C=O) groups is 1. The summed E-state index contributed by atoms with van der Waals surface area (Å²) in [6.07, 6.45) is 0.329. The number of amides is 1. The van der Waals surface area contributed by atoms with Crippen molar-refractivity contribution in [3.8, 4) is 0 Å². The molecule has 0 aliphatic heterocycles. The van der Waals surface area contributed by atoms with Gasteiger partial charge in [-0.1, -0.05) is 29.3 Å². The Hall–Kier alpha value is -1.70. The van der Waals surface area contributed by atoms with Gasteiger partial charge >= 0.3 is 0 Å². The Kier molecular flexibility index (Phi) is 4.89. The average Bonchev–Trinajstić information content (AvgIpc) is 2.89. The van der Waals surface area contributed by atoms with E-state index in [0.29, 0.717) is 15.6 Å².